The molecule has 3 heteroatoms. The molecule has 0 saturated heterocycles. The summed E-state index contributed by atoms with van der Waals surface area (Å²) in [6, 6.07) is 8.03. The Morgan fingerprint density at radius 3 is 2.82 bits per heavy atom. The molecule has 0 unspecified atom stereocenters. The first-order valence-corrected chi connectivity index (χ1v) is 6.47. The van der Waals surface area contributed by atoms with Crippen LogP contribution < -0.4 is 10.5 Å². The van der Waals surface area contributed by atoms with E-state index >= 15 is 0 Å². The van der Waals surface area contributed by atoms with Gasteiger partial charge in [0.15, 0.2) is 0 Å². The third-order valence-corrected chi connectivity index (χ3v) is 3.35. The molecule has 0 aliphatic heterocycles. The van der Waals surface area contributed by atoms with E-state index in [2.05, 4.69) is 19.1 Å². The topological polar surface area (TPSA) is 35.2 Å². The van der Waals surface area contributed by atoms with E-state index in [1.54, 1.807) is 18.9 Å². The number of nitrogens with two attached hydrogens (primary N) is 1. The van der Waals surface area contributed by atoms with Gasteiger partial charge in [-0.2, -0.15) is 0 Å². The second-order valence-electron chi connectivity index (χ2n) is 3.50. The maximum atomic E-state index is 5.86. The molecule has 2 N–H and O–H groups in total. The van der Waals surface area contributed by atoms with Crippen molar-refractivity contribution >= 4 is 16.7 Å². The molecule has 0 bridgehead atoms. The van der Waals surface area contributed by atoms with Crippen molar-refractivity contribution < 1.29 is 4.74 Å². The fourth-order valence-corrected chi connectivity index (χ4v) is 2.23. The highest BCUT2D eigenvalue weighted by molar-refractivity contribution is 8.11. The molecule has 0 spiro atoms. The molecular weight excluding hydrogens is 230 g/mol. The highest BCUT2D eigenvalue weighted by Gasteiger charge is 2.04. The molecule has 2 nitrogen and oxygen atoms in total. The zero-order chi connectivity index (χ0) is 12.7. The second kappa shape index (κ2) is 7.07. The van der Waals surface area contributed by atoms with Gasteiger partial charge in [0.1, 0.15) is 5.75 Å². The summed E-state index contributed by atoms with van der Waals surface area (Å²) in [5.41, 5.74) is 7.00. The van der Waals surface area contributed by atoms with Crippen LogP contribution in [-0.4, -0.2) is 7.11 Å². The Kier molecular flexibility index (Phi) is 5.70. The lowest BCUT2D eigenvalue weighted by molar-refractivity contribution is 0.414. The number of ether oxygens (including phenoxy) is 1. The van der Waals surface area contributed by atoms with Crippen LogP contribution in [0.25, 0.3) is 4.91 Å². The van der Waals surface area contributed by atoms with Crippen molar-refractivity contribution in [3.05, 3.63) is 47.0 Å². The van der Waals surface area contributed by atoms with Gasteiger partial charge in [-0.25, -0.2) is 0 Å². The third-order valence-electron chi connectivity index (χ3n) is 2.26. The number of allylic oxidation sites excluding steroid dienone is 2. The number of hydrogen-bond donors (Lipinski definition) is 1. The van der Waals surface area contributed by atoms with E-state index in [1.165, 1.54) is 4.91 Å². The van der Waals surface area contributed by atoms with Crippen LogP contribution in [0.5, 0.6) is 5.75 Å². The monoisotopic (exact) mass is 249 g/mol. The van der Waals surface area contributed by atoms with Gasteiger partial charge >= 0.3 is 0 Å². The largest absolute Gasteiger partial charge is 0.497 e. The van der Waals surface area contributed by atoms with Crippen molar-refractivity contribution in [1.29, 1.82) is 0 Å². The molecule has 0 radical (unpaired) electrons. The lowest BCUT2D eigenvalue weighted by Gasteiger charge is -2.09. The Hall–Kier alpha value is -1.35. The van der Waals surface area contributed by atoms with Gasteiger partial charge in [0, 0.05) is 4.91 Å². The highest BCUT2D eigenvalue weighted by atomic mass is 32.2. The standard InChI is InChI=1S/C14H19NOS/c1-4-7-13(17-14(15)5-2)11-8-6-9-12(10-11)16-3/h5-10H,4,15H2,1-3H3/b13-7+,14-5-. The third kappa shape index (κ3) is 4.19. The summed E-state index contributed by atoms with van der Waals surface area (Å²) in [5.74, 6) is 0.865. The van der Waals surface area contributed by atoms with Crippen LogP contribution in [0.15, 0.2) is 41.4 Å². The average Bonchev–Trinajstić information content (AvgIpc) is 2.38. The van der Waals surface area contributed by atoms with E-state index in [-0.39, 0.29) is 0 Å². The molecule has 0 atom stereocenters. The minimum Gasteiger partial charge on any atom is -0.497 e. The van der Waals surface area contributed by atoms with Gasteiger partial charge in [-0.15, -0.1) is 0 Å². The normalized spacial score (nSPS) is 12.6. The number of rotatable bonds is 5. The van der Waals surface area contributed by atoms with Gasteiger partial charge < -0.3 is 10.5 Å². The van der Waals surface area contributed by atoms with Crippen LogP contribution in [-0.2, 0) is 0 Å². The molecule has 1 aromatic carbocycles. The van der Waals surface area contributed by atoms with Gasteiger partial charge in [-0.3, -0.25) is 0 Å². The molecule has 0 aliphatic carbocycles. The summed E-state index contributed by atoms with van der Waals surface area (Å²) in [6.45, 7) is 4.06. The Balaban J connectivity index is 3.01. The molecule has 0 amide bonds. The number of thioether (sulfide) groups is 1. The van der Waals surface area contributed by atoms with E-state index in [1.807, 2.05) is 31.2 Å². The highest BCUT2D eigenvalue weighted by Crippen LogP contribution is 2.33. The van der Waals surface area contributed by atoms with E-state index in [0.29, 0.717) is 0 Å². The Morgan fingerprint density at radius 1 is 1.47 bits per heavy atom. The van der Waals surface area contributed by atoms with Gasteiger partial charge in [-0.1, -0.05) is 43.0 Å². The van der Waals surface area contributed by atoms with Gasteiger partial charge in [-0.05, 0) is 31.0 Å². The van der Waals surface area contributed by atoms with Crippen LogP contribution in [0.1, 0.15) is 25.8 Å². The predicted octanol–water partition coefficient (Wildman–Crippen LogP) is 4.00. The molecule has 0 fully saturated rings. The number of hydrogen-bond acceptors (Lipinski definition) is 3. The number of benzene rings is 1. The first-order valence-electron chi connectivity index (χ1n) is 5.65. The second-order valence-corrected chi connectivity index (χ2v) is 4.62. The van der Waals surface area contributed by atoms with Crippen molar-refractivity contribution in [2.45, 2.75) is 20.3 Å². The molecule has 1 aromatic rings. The average molecular weight is 249 g/mol. The zero-order valence-electron chi connectivity index (χ0n) is 10.6. The van der Waals surface area contributed by atoms with E-state index in [4.69, 9.17) is 10.5 Å². The van der Waals surface area contributed by atoms with Crippen molar-refractivity contribution in [2.24, 2.45) is 5.73 Å². The lowest BCUT2D eigenvalue weighted by atomic mass is 10.2. The van der Waals surface area contributed by atoms with Gasteiger partial charge in [0.25, 0.3) is 0 Å². The molecule has 1 rings (SSSR count). The first-order chi connectivity index (χ1) is 8.21. The lowest BCUT2D eigenvalue weighted by Crippen LogP contribution is -1.92. The molecule has 92 valence electrons. The summed E-state index contributed by atoms with van der Waals surface area (Å²) in [6.07, 6.45) is 5.07. The molecule has 17 heavy (non-hydrogen) atoms. The Bertz CT molecular complexity index is 424. The first kappa shape index (κ1) is 13.7. The van der Waals surface area contributed by atoms with Gasteiger partial charge in [0.2, 0.25) is 0 Å². The van der Waals surface area contributed by atoms with E-state index in [9.17, 15) is 0 Å². The molecule has 0 aliphatic rings. The predicted molar refractivity (Wildman–Crippen MR) is 76.8 cm³/mol. The van der Waals surface area contributed by atoms with Gasteiger partial charge in [0.05, 0.1) is 12.1 Å². The summed E-state index contributed by atoms with van der Waals surface area (Å²) in [7, 11) is 1.68. The van der Waals surface area contributed by atoms with E-state index < -0.39 is 0 Å². The van der Waals surface area contributed by atoms with Crippen LogP contribution >= 0.6 is 11.8 Å². The maximum absolute atomic E-state index is 5.86. The van der Waals surface area contributed by atoms with Crippen molar-refractivity contribution in [2.75, 3.05) is 7.11 Å². The van der Waals surface area contributed by atoms with E-state index in [0.717, 1.165) is 22.8 Å². The summed E-state index contributed by atoms with van der Waals surface area (Å²) >= 11 is 1.59. The fourth-order valence-electron chi connectivity index (χ4n) is 1.37. The summed E-state index contributed by atoms with van der Waals surface area (Å²) in [4.78, 5) is 1.17. The number of methoxy groups -OCH3 is 1. The van der Waals surface area contributed by atoms with Crippen molar-refractivity contribution in [3.63, 3.8) is 0 Å². The minimum atomic E-state index is 0.813. The van der Waals surface area contributed by atoms with Crippen molar-refractivity contribution in [1.82, 2.24) is 0 Å². The molecule has 0 aromatic heterocycles. The van der Waals surface area contributed by atoms with Crippen LogP contribution in [0, 0.1) is 0 Å². The summed E-state index contributed by atoms with van der Waals surface area (Å²) in [5, 5.41) is 0.813. The van der Waals surface area contributed by atoms with Crippen molar-refractivity contribution in [3.8, 4) is 5.75 Å². The molecular formula is C14H19NOS. The Labute approximate surface area is 108 Å². The zero-order valence-corrected chi connectivity index (χ0v) is 11.4. The fraction of sp³-hybridized carbons (Fsp3) is 0.286. The van der Waals surface area contributed by atoms with Crippen LogP contribution in [0.3, 0.4) is 0 Å². The minimum absolute atomic E-state index is 0.813. The van der Waals surface area contributed by atoms with Crippen LogP contribution in [0.4, 0.5) is 0 Å². The smallest absolute Gasteiger partial charge is 0.119 e. The molecule has 0 heterocycles. The maximum Gasteiger partial charge on any atom is 0.119 e. The molecule has 0 saturated carbocycles. The summed E-state index contributed by atoms with van der Waals surface area (Å²) < 4.78 is 5.23. The SMILES string of the molecule is C/C=C(/N)S/C(=C/CC)c1cccc(OC)c1. The Morgan fingerprint density at radius 2 is 2.24 bits per heavy atom. The van der Waals surface area contributed by atoms with Crippen LogP contribution in [0.2, 0.25) is 0 Å². The quantitative estimate of drug-likeness (QED) is 0.856.